The number of aryl methyl sites for hydroxylation is 1. The van der Waals surface area contributed by atoms with E-state index in [0.29, 0.717) is 12.4 Å². The fraction of sp³-hybridized carbons (Fsp3) is 0.800. The Morgan fingerprint density at radius 2 is 1.88 bits per heavy atom. The molecule has 1 heterocycles. The Bertz CT molecular complexity index is 453. The van der Waals surface area contributed by atoms with Crippen molar-refractivity contribution in [2.45, 2.75) is 57.7 Å². The molecule has 1 aromatic heterocycles. The molecule has 0 fully saturated rings. The van der Waals surface area contributed by atoms with Gasteiger partial charge in [-0.05, 0) is 12.8 Å². The third kappa shape index (κ3) is 3.78. The molecule has 6 nitrogen and oxygen atoms in total. The molecule has 0 aliphatic heterocycles. The van der Waals surface area contributed by atoms with Crippen LogP contribution in [0.3, 0.4) is 0 Å². The number of hydrogen-bond acceptors (Lipinski definition) is 4. The van der Waals surface area contributed by atoms with Gasteiger partial charge in [0.2, 0.25) is 0 Å². The van der Waals surface area contributed by atoms with Gasteiger partial charge in [0, 0.05) is 13.0 Å². The maximum atomic E-state index is 11.3. The van der Waals surface area contributed by atoms with Crippen LogP contribution in [0.2, 0.25) is 0 Å². The molecule has 1 rings (SSSR count). The summed E-state index contributed by atoms with van der Waals surface area (Å²) in [6.45, 7) is 4.68. The van der Waals surface area contributed by atoms with Gasteiger partial charge in [0.25, 0.3) is 15.2 Å². The van der Waals surface area contributed by atoms with Gasteiger partial charge < -0.3 is 4.57 Å². The number of aromatic nitrogens is 3. The summed E-state index contributed by atoms with van der Waals surface area (Å²) in [7, 11) is -3.78. The van der Waals surface area contributed by atoms with Crippen LogP contribution in [0.25, 0.3) is 0 Å². The van der Waals surface area contributed by atoms with Crippen molar-refractivity contribution in [2.24, 2.45) is 5.14 Å². The molecule has 0 radical (unpaired) electrons. The van der Waals surface area contributed by atoms with E-state index in [2.05, 4.69) is 17.1 Å². The number of unbranched alkanes of at least 4 members (excludes halogenated alkanes) is 2. The first-order chi connectivity index (χ1) is 8.00. The van der Waals surface area contributed by atoms with Crippen molar-refractivity contribution in [2.75, 3.05) is 0 Å². The third-order valence-electron chi connectivity index (χ3n) is 2.50. The predicted octanol–water partition coefficient (Wildman–Crippen LogP) is 1.07. The van der Waals surface area contributed by atoms with Gasteiger partial charge in [0.05, 0.1) is 0 Å². The maximum Gasteiger partial charge on any atom is 0.273 e. The minimum Gasteiger partial charge on any atom is -0.301 e. The van der Waals surface area contributed by atoms with Crippen LogP contribution >= 0.6 is 0 Å². The molecule has 98 valence electrons. The molecular formula is C10H20N4O2S. The van der Waals surface area contributed by atoms with Gasteiger partial charge in [-0.2, -0.15) is 0 Å². The Balaban J connectivity index is 2.94. The average Bonchev–Trinajstić information content (AvgIpc) is 2.62. The third-order valence-corrected chi connectivity index (χ3v) is 3.31. The Labute approximate surface area is 102 Å². The minimum atomic E-state index is -3.78. The van der Waals surface area contributed by atoms with Crippen molar-refractivity contribution in [3.05, 3.63) is 5.82 Å². The minimum absolute atomic E-state index is 0.120. The molecule has 0 amide bonds. The number of sulfonamides is 1. The zero-order valence-electron chi connectivity index (χ0n) is 10.4. The highest BCUT2D eigenvalue weighted by molar-refractivity contribution is 7.89. The first-order valence-corrected chi connectivity index (χ1v) is 7.50. The van der Waals surface area contributed by atoms with Gasteiger partial charge in [-0.3, -0.25) is 0 Å². The van der Waals surface area contributed by atoms with E-state index in [0.717, 1.165) is 32.1 Å². The summed E-state index contributed by atoms with van der Waals surface area (Å²) in [6, 6.07) is 0. The first kappa shape index (κ1) is 14.1. The molecule has 17 heavy (non-hydrogen) atoms. The predicted molar refractivity (Wildman–Crippen MR) is 64.9 cm³/mol. The summed E-state index contributed by atoms with van der Waals surface area (Å²) in [5, 5.41) is 12.6. The summed E-state index contributed by atoms with van der Waals surface area (Å²) >= 11 is 0. The maximum absolute atomic E-state index is 11.3. The lowest BCUT2D eigenvalue weighted by Crippen LogP contribution is -2.19. The van der Waals surface area contributed by atoms with Gasteiger partial charge in [0.1, 0.15) is 5.82 Å². The summed E-state index contributed by atoms with van der Waals surface area (Å²) in [5.74, 6) is 0.712. The van der Waals surface area contributed by atoms with Gasteiger partial charge in [0.15, 0.2) is 0 Å². The van der Waals surface area contributed by atoms with E-state index in [4.69, 9.17) is 5.14 Å². The number of nitrogens with zero attached hydrogens (tertiary/aromatic N) is 3. The van der Waals surface area contributed by atoms with E-state index in [9.17, 15) is 8.42 Å². The summed E-state index contributed by atoms with van der Waals surface area (Å²) in [5.41, 5.74) is 0. The molecule has 2 N–H and O–H groups in total. The standard InChI is InChI=1S/C10H20N4O2S/c1-3-5-6-7-9-12-13-10(17(11,15)16)14(9)8-4-2/h3-8H2,1-2H3,(H2,11,15,16). The molecule has 7 heteroatoms. The molecule has 0 aliphatic rings. The zero-order chi connectivity index (χ0) is 12.9. The van der Waals surface area contributed by atoms with Gasteiger partial charge in [-0.15, -0.1) is 10.2 Å². The molecule has 0 aliphatic carbocycles. The number of rotatable bonds is 7. The first-order valence-electron chi connectivity index (χ1n) is 5.95. The van der Waals surface area contributed by atoms with Crippen molar-refractivity contribution in [1.29, 1.82) is 0 Å². The second kappa shape index (κ2) is 6.11. The van der Waals surface area contributed by atoms with E-state index < -0.39 is 10.0 Å². The number of hydrogen-bond donors (Lipinski definition) is 1. The van der Waals surface area contributed by atoms with E-state index in [1.54, 1.807) is 4.57 Å². The van der Waals surface area contributed by atoms with E-state index in [-0.39, 0.29) is 5.16 Å². The van der Waals surface area contributed by atoms with Crippen molar-refractivity contribution in [3.8, 4) is 0 Å². The highest BCUT2D eigenvalue weighted by Gasteiger charge is 2.20. The largest absolute Gasteiger partial charge is 0.301 e. The molecule has 0 bridgehead atoms. The Hall–Kier alpha value is -0.950. The van der Waals surface area contributed by atoms with Crippen LogP contribution in [0.15, 0.2) is 5.16 Å². The van der Waals surface area contributed by atoms with Crippen molar-refractivity contribution >= 4 is 10.0 Å². The van der Waals surface area contributed by atoms with Gasteiger partial charge in [-0.25, -0.2) is 13.6 Å². The Kier molecular flexibility index (Phi) is 5.07. The van der Waals surface area contributed by atoms with Crippen LogP contribution in [0.5, 0.6) is 0 Å². The molecule has 0 saturated carbocycles. The van der Waals surface area contributed by atoms with Crippen LogP contribution in [-0.2, 0) is 23.0 Å². The zero-order valence-corrected chi connectivity index (χ0v) is 11.2. The van der Waals surface area contributed by atoms with Crippen LogP contribution in [0, 0.1) is 0 Å². The molecule has 0 saturated heterocycles. The second-order valence-electron chi connectivity index (χ2n) is 4.05. The smallest absolute Gasteiger partial charge is 0.273 e. The van der Waals surface area contributed by atoms with Crippen LogP contribution < -0.4 is 5.14 Å². The van der Waals surface area contributed by atoms with Crippen molar-refractivity contribution in [3.63, 3.8) is 0 Å². The lowest BCUT2D eigenvalue weighted by atomic mass is 10.2. The number of primary sulfonamides is 1. The molecule has 1 aromatic rings. The number of nitrogens with two attached hydrogens (primary N) is 1. The summed E-state index contributed by atoms with van der Waals surface area (Å²) in [4.78, 5) is 0. The monoisotopic (exact) mass is 260 g/mol. The fourth-order valence-corrected chi connectivity index (χ4v) is 2.35. The second-order valence-corrected chi connectivity index (χ2v) is 5.51. The summed E-state index contributed by atoms with van der Waals surface area (Å²) in [6.07, 6.45) is 4.77. The van der Waals surface area contributed by atoms with E-state index in [1.807, 2.05) is 6.92 Å². The normalized spacial score (nSPS) is 11.9. The molecule has 0 spiro atoms. The highest BCUT2D eigenvalue weighted by atomic mass is 32.2. The molecule has 0 aromatic carbocycles. The molecular weight excluding hydrogens is 240 g/mol. The van der Waals surface area contributed by atoms with Gasteiger partial charge in [-0.1, -0.05) is 26.7 Å². The molecule has 0 atom stereocenters. The Morgan fingerprint density at radius 3 is 2.41 bits per heavy atom. The molecule has 0 unspecified atom stereocenters. The van der Waals surface area contributed by atoms with E-state index in [1.165, 1.54) is 0 Å². The highest BCUT2D eigenvalue weighted by Crippen LogP contribution is 2.11. The SMILES string of the molecule is CCCCCc1nnc(S(N)(=O)=O)n1CCC. The lowest BCUT2D eigenvalue weighted by molar-refractivity contribution is 0.542. The lowest BCUT2D eigenvalue weighted by Gasteiger charge is -2.07. The van der Waals surface area contributed by atoms with Crippen LogP contribution in [-0.4, -0.2) is 23.2 Å². The van der Waals surface area contributed by atoms with Gasteiger partial charge >= 0.3 is 0 Å². The van der Waals surface area contributed by atoms with Crippen molar-refractivity contribution < 1.29 is 8.42 Å². The van der Waals surface area contributed by atoms with E-state index >= 15 is 0 Å². The summed E-state index contributed by atoms with van der Waals surface area (Å²) < 4.78 is 24.3. The quantitative estimate of drug-likeness (QED) is 0.742. The van der Waals surface area contributed by atoms with Crippen molar-refractivity contribution in [1.82, 2.24) is 14.8 Å². The Morgan fingerprint density at radius 1 is 1.18 bits per heavy atom. The average molecular weight is 260 g/mol. The van der Waals surface area contributed by atoms with Crippen LogP contribution in [0.4, 0.5) is 0 Å². The van der Waals surface area contributed by atoms with Crippen LogP contribution in [0.1, 0.15) is 45.4 Å². The topological polar surface area (TPSA) is 90.9 Å². The fourth-order valence-electron chi connectivity index (χ4n) is 1.70.